The molecule has 0 aliphatic carbocycles. The van der Waals surface area contributed by atoms with Crippen LogP contribution < -0.4 is 5.32 Å². The zero-order valence-corrected chi connectivity index (χ0v) is 13.7. The molecule has 2 aromatic heterocycles. The summed E-state index contributed by atoms with van der Waals surface area (Å²) in [4.78, 5) is 8.44. The van der Waals surface area contributed by atoms with Crippen molar-refractivity contribution in [2.24, 2.45) is 0 Å². The summed E-state index contributed by atoms with van der Waals surface area (Å²) in [6.45, 7) is 2.83. The Labute approximate surface area is 137 Å². The van der Waals surface area contributed by atoms with Gasteiger partial charge in [0.05, 0.1) is 23.3 Å². The average Bonchev–Trinajstić information content (AvgIpc) is 2.99. The first-order valence-corrected chi connectivity index (χ1v) is 7.80. The molecule has 3 aromatic rings. The highest BCUT2D eigenvalue weighted by molar-refractivity contribution is 9.10. The molecule has 0 spiro atoms. The average molecular weight is 358 g/mol. The van der Waals surface area contributed by atoms with Crippen molar-refractivity contribution in [3.8, 4) is 0 Å². The summed E-state index contributed by atoms with van der Waals surface area (Å²) in [6.07, 6.45) is 7.37. The number of benzene rings is 1. The molecule has 0 radical (unpaired) electrons. The van der Waals surface area contributed by atoms with Crippen LogP contribution in [0.25, 0.3) is 0 Å². The van der Waals surface area contributed by atoms with E-state index < -0.39 is 0 Å². The summed E-state index contributed by atoms with van der Waals surface area (Å²) in [5.74, 6) is 0.603. The van der Waals surface area contributed by atoms with E-state index in [1.807, 2.05) is 35.3 Å². The highest BCUT2D eigenvalue weighted by Crippen LogP contribution is 2.17. The second-order valence-corrected chi connectivity index (χ2v) is 5.96. The van der Waals surface area contributed by atoms with Crippen LogP contribution in [0.3, 0.4) is 0 Å². The molecule has 0 saturated heterocycles. The van der Waals surface area contributed by atoms with Crippen molar-refractivity contribution in [1.82, 2.24) is 19.7 Å². The summed E-state index contributed by atoms with van der Waals surface area (Å²) >= 11 is 3.33. The van der Waals surface area contributed by atoms with Crippen molar-refractivity contribution in [3.63, 3.8) is 0 Å². The van der Waals surface area contributed by atoms with E-state index in [9.17, 15) is 0 Å². The summed E-state index contributed by atoms with van der Waals surface area (Å²) in [5.41, 5.74) is 2.33. The van der Waals surface area contributed by atoms with Crippen LogP contribution in [0.1, 0.15) is 24.1 Å². The largest absolute Gasteiger partial charge is 0.348 e. The third kappa shape index (κ3) is 3.71. The molecule has 0 bridgehead atoms. The molecule has 1 N–H and O–H groups in total. The van der Waals surface area contributed by atoms with Crippen LogP contribution in [-0.4, -0.2) is 19.7 Å². The second kappa shape index (κ2) is 6.70. The predicted octanol–water partition coefficient (Wildman–Crippen LogP) is 3.66. The molecule has 0 fully saturated rings. The SMILES string of the molecule is CC(Nc1ncc(Br)cn1)c1cnn(Cc2ccccc2)c1. The number of nitrogens with one attached hydrogen (secondary N) is 1. The van der Waals surface area contributed by atoms with Crippen LogP contribution in [0.4, 0.5) is 5.95 Å². The molecule has 3 rings (SSSR count). The van der Waals surface area contributed by atoms with E-state index >= 15 is 0 Å². The monoisotopic (exact) mass is 357 g/mol. The van der Waals surface area contributed by atoms with E-state index in [0.717, 1.165) is 16.6 Å². The van der Waals surface area contributed by atoms with Gasteiger partial charge in [-0.15, -0.1) is 0 Å². The van der Waals surface area contributed by atoms with Crippen molar-refractivity contribution < 1.29 is 0 Å². The molecular weight excluding hydrogens is 342 g/mol. The fourth-order valence-electron chi connectivity index (χ4n) is 2.12. The molecular formula is C16H16BrN5. The molecule has 5 nitrogen and oxygen atoms in total. The maximum atomic E-state index is 4.42. The van der Waals surface area contributed by atoms with E-state index in [2.05, 4.69) is 55.4 Å². The third-order valence-corrected chi connectivity index (χ3v) is 3.72. The lowest BCUT2D eigenvalue weighted by Crippen LogP contribution is -2.08. The number of hydrogen-bond acceptors (Lipinski definition) is 4. The van der Waals surface area contributed by atoms with Crippen molar-refractivity contribution in [1.29, 1.82) is 0 Å². The molecule has 0 amide bonds. The lowest BCUT2D eigenvalue weighted by Gasteiger charge is -2.11. The standard InChI is InChI=1S/C16H16BrN5/c1-12(21-16-18-8-15(17)9-19-16)14-7-20-22(11-14)10-13-5-3-2-4-6-13/h2-9,11-12H,10H2,1H3,(H,18,19,21). The van der Waals surface area contributed by atoms with E-state index in [1.165, 1.54) is 5.56 Å². The van der Waals surface area contributed by atoms with Gasteiger partial charge in [0.1, 0.15) is 0 Å². The summed E-state index contributed by atoms with van der Waals surface area (Å²) < 4.78 is 2.80. The Morgan fingerprint density at radius 1 is 1.14 bits per heavy atom. The molecule has 22 heavy (non-hydrogen) atoms. The Kier molecular flexibility index (Phi) is 4.48. The maximum Gasteiger partial charge on any atom is 0.223 e. The van der Waals surface area contributed by atoms with E-state index in [0.29, 0.717) is 5.95 Å². The van der Waals surface area contributed by atoms with Crippen LogP contribution in [0, 0.1) is 0 Å². The maximum absolute atomic E-state index is 4.42. The van der Waals surface area contributed by atoms with Gasteiger partial charge in [0.25, 0.3) is 0 Å². The zero-order valence-electron chi connectivity index (χ0n) is 12.1. The normalized spacial score (nSPS) is 12.1. The summed E-state index contributed by atoms with van der Waals surface area (Å²) in [6, 6.07) is 10.4. The molecule has 0 saturated carbocycles. The van der Waals surface area contributed by atoms with E-state index in [1.54, 1.807) is 12.4 Å². The topological polar surface area (TPSA) is 55.6 Å². The van der Waals surface area contributed by atoms with Crippen molar-refractivity contribution in [2.75, 3.05) is 5.32 Å². The number of rotatable bonds is 5. The van der Waals surface area contributed by atoms with E-state index in [4.69, 9.17) is 0 Å². The minimum atomic E-state index is 0.0886. The third-order valence-electron chi connectivity index (χ3n) is 3.31. The first kappa shape index (κ1) is 14.7. The molecule has 2 heterocycles. The Morgan fingerprint density at radius 3 is 2.59 bits per heavy atom. The molecule has 1 unspecified atom stereocenters. The molecule has 0 aliphatic heterocycles. The lowest BCUT2D eigenvalue weighted by atomic mass is 10.2. The Hall–Kier alpha value is -2.21. The van der Waals surface area contributed by atoms with Crippen molar-refractivity contribution >= 4 is 21.9 Å². The van der Waals surface area contributed by atoms with Crippen LogP contribution in [0.2, 0.25) is 0 Å². The summed E-state index contributed by atoms with van der Waals surface area (Å²) in [7, 11) is 0. The van der Waals surface area contributed by atoms with Gasteiger partial charge in [-0.05, 0) is 28.4 Å². The predicted molar refractivity (Wildman–Crippen MR) is 89.5 cm³/mol. The van der Waals surface area contributed by atoms with Crippen molar-refractivity contribution in [2.45, 2.75) is 19.5 Å². The number of halogens is 1. The quantitative estimate of drug-likeness (QED) is 0.756. The number of anilines is 1. The van der Waals surface area contributed by atoms with Gasteiger partial charge in [-0.3, -0.25) is 4.68 Å². The van der Waals surface area contributed by atoms with E-state index in [-0.39, 0.29) is 6.04 Å². The Morgan fingerprint density at radius 2 is 1.86 bits per heavy atom. The van der Waals surface area contributed by atoms with Gasteiger partial charge in [0.2, 0.25) is 5.95 Å². The van der Waals surface area contributed by atoms with Gasteiger partial charge < -0.3 is 5.32 Å². The molecule has 0 aliphatic rings. The highest BCUT2D eigenvalue weighted by atomic mass is 79.9. The van der Waals surface area contributed by atoms with Gasteiger partial charge in [-0.25, -0.2) is 9.97 Å². The minimum absolute atomic E-state index is 0.0886. The molecule has 6 heteroatoms. The second-order valence-electron chi connectivity index (χ2n) is 5.05. The van der Waals surface area contributed by atoms with Crippen LogP contribution >= 0.6 is 15.9 Å². The zero-order chi connectivity index (χ0) is 15.4. The first-order chi connectivity index (χ1) is 10.7. The number of hydrogen-bond donors (Lipinski definition) is 1. The number of aromatic nitrogens is 4. The Balaban J connectivity index is 1.66. The molecule has 112 valence electrons. The Bertz CT molecular complexity index is 724. The van der Waals surface area contributed by atoms with Crippen LogP contribution in [-0.2, 0) is 6.54 Å². The van der Waals surface area contributed by atoms with Gasteiger partial charge in [0.15, 0.2) is 0 Å². The minimum Gasteiger partial charge on any atom is -0.348 e. The van der Waals surface area contributed by atoms with Gasteiger partial charge in [-0.2, -0.15) is 5.10 Å². The number of nitrogens with zero attached hydrogens (tertiary/aromatic N) is 4. The summed E-state index contributed by atoms with van der Waals surface area (Å²) in [5, 5.41) is 7.68. The van der Waals surface area contributed by atoms with Crippen LogP contribution in [0.5, 0.6) is 0 Å². The smallest absolute Gasteiger partial charge is 0.223 e. The van der Waals surface area contributed by atoms with Crippen LogP contribution in [0.15, 0.2) is 59.6 Å². The van der Waals surface area contributed by atoms with Gasteiger partial charge in [-0.1, -0.05) is 30.3 Å². The lowest BCUT2D eigenvalue weighted by molar-refractivity contribution is 0.685. The van der Waals surface area contributed by atoms with Crippen molar-refractivity contribution in [3.05, 3.63) is 70.7 Å². The van der Waals surface area contributed by atoms with Gasteiger partial charge >= 0.3 is 0 Å². The first-order valence-electron chi connectivity index (χ1n) is 7.01. The highest BCUT2D eigenvalue weighted by Gasteiger charge is 2.09. The fraction of sp³-hybridized carbons (Fsp3) is 0.188. The van der Waals surface area contributed by atoms with Gasteiger partial charge in [0, 0.05) is 24.2 Å². The fourth-order valence-corrected chi connectivity index (χ4v) is 2.33. The molecule has 1 atom stereocenters. The molecule has 1 aromatic carbocycles.